The SMILES string of the molecule is C.CC1(C)[C@@H]2C[C@H]3OB([C@H](Cc4ccccc4)NC(=O)NCC4CCCC4)O[C@@]3(C)[C@H]1C2.[C-]#[N+]C(=CC(C)(C)C)C(=O)N1CCC[C@H]1CNC(=O)N[C@@H](Cc1ccccc1)B1O[C@@H]2C[C@@H]3C[C@@H](C3(C)C)[C@]2(C)O1.[C-]#[N+]C(=CC(C)(C)C)C(=O)O. The number of amides is 5. The Balaban J connectivity index is 0.000000207. The van der Waals surface area contributed by atoms with Crippen LogP contribution in [0.2, 0.25) is 0 Å². The number of nitrogens with one attached hydrogen (secondary N) is 4. The molecule has 5 N–H and O–H groups in total. The standard InChI is InChI=1S/C32H45BN4O4.C25H37BN2O3.C8H11NO2.CH4/c1-30(2,3)19-24(34-7)28(38)37-15-11-14-23(37)20-35-29(39)36-27(16-21-12-9-8-10-13-21)33-40-26-18-22-17-25(31(22,4)5)32(26,6)41-33;1-24(2)19-14-20(24)25(3)21(15-19)30-26(31-25)22(13-17-9-5-4-6-10-17)28-23(29)27-16-18-11-7-8-12-18;1-8(2,3)5-6(9-4)7(10)11;/h8-10,12-13,19,22-23,25-27H,11,14-18,20H2,1-6H3,(H2,35,36,39);4-6,9-10,18-22H,7-8,11-16H2,1-3H3,(H2,27,28,29);5H,1-3H3,(H,10,11);1H4/t22-,23-,25-,26+,27-,32-;19-,20-,21+,22-,25-;;/m00../s1. The monoisotopic (exact) mass is 1150 g/mol. The van der Waals surface area contributed by atoms with Crippen LogP contribution < -0.4 is 21.3 Å². The lowest BCUT2D eigenvalue weighted by Gasteiger charge is -2.64. The van der Waals surface area contributed by atoms with Gasteiger partial charge in [0.1, 0.15) is 0 Å². The summed E-state index contributed by atoms with van der Waals surface area (Å²) in [5.41, 5.74) is 1.61. The summed E-state index contributed by atoms with van der Waals surface area (Å²) in [6.45, 7) is 41.1. The quantitative estimate of drug-likeness (QED) is 0.0697. The third-order valence-corrected chi connectivity index (χ3v) is 19.8. The minimum atomic E-state index is -1.16. The van der Waals surface area contributed by atoms with E-state index in [9.17, 15) is 19.2 Å². The van der Waals surface area contributed by atoms with Crippen LogP contribution in [-0.4, -0.2) is 109 Å². The third-order valence-electron chi connectivity index (χ3n) is 19.8. The zero-order valence-corrected chi connectivity index (χ0v) is 51.5. The molecule has 3 saturated heterocycles. The van der Waals surface area contributed by atoms with Gasteiger partial charge >= 0.3 is 32.3 Å². The fourth-order valence-corrected chi connectivity index (χ4v) is 15.0. The lowest BCUT2D eigenvalue weighted by atomic mass is 9.43. The van der Waals surface area contributed by atoms with E-state index in [1.807, 2.05) is 77.9 Å². The fourth-order valence-electron chi connectivity index (χ4n) is 15.0. The van der Waals surface area contributed by atoms with Crippen LogP contribution in [0.4, 0.5) is 9.59 Å². The normalized spacial score (nSPS) is 29.6. The molecule has 2 aromatic rings. The molecule has 3 heterocycles. The number of carbonyl (C=O) groups excluding carboxylic acids is 3. The Kier molecular flexibility index (Phi) is 20.8. The van der Waals surface area contributed by atoms with Gasteiger partial charge in [0.05, 0.1) is 48.4 Å². The lowest BCUT2D eigenvalue weighted by molar-refractivity contribution is -0.199. The average molecular weight is 1150 g/mol. The molecule has 16 nitrogen and oxygen atoms in total. The van der Waals surface area contributed by atoms with Crippen molar-refractivity contribution in [2.75, 3.05) is 19.6 Å². The molecule has 2 aromatic carbocycles. The van der Waals surface area contributed by atoms with E-state index in [1.165, 1.54) is 50.2 Å². The van der Waals surface area contributed by atoms with Crippen LogP contribution in [0.25, 0.3) is 9.69 Å². The van der Waals surface area contributed by atoms with Gasteiger partial charge in [-0.1, -0.05) is 162 Å². The van der Waals surface area contributed by atoms with E-state index in [0.717, 1.165) is 37.8 Å². The molecule has 10 aliphatic rings. The molecule has 10 fully saturated rings. The fraction of sp³-hybridized carbons (Fsp3) is 0.667. The number of rotatable bonds is 14. The maximum atomic E-state index is 13.3. The molecule has 0 spiro atoms. The number of urea groups is 2. The molecular weight excluding hydrogens is 1060 g/mol. The van der Waals surface area contributed by atoms with Crippen LogP contribution in [0.5, 0.6) is 0 Å². The molecule has 11 atom stereocenters. The molecule has 7 aliphatic carbocycles. The summed E-state index contributed by atoms with van der Waals surface area (Å²) in [5, 5.41) is 20.9. The van der Waals surface area contributed by atoms with Crippen LogP contribution in [0.1, 0.15) is 166 Å². The molecule has 84 heavy (non-hydrogen) atoms. The molecule has 456 valence electrons. The summed E-state index contributed by atoms with van der Waals surface area (Å²) in [6, 6.07) is 19.8. The number of nitrogens with zero attached hydrogens (tertiary/aromatic N) is 3. The summed E-state index contributed by atoms with van der Waals surface area (Å²) in [6.07, 6.45) is 15.7. The van der Waals surface area contributed by atoms with E-state index in [1.54, 1.807) is 11.0 Å². The Morgan fingerprint density at radius 3 is 1.48 bits per heavy atom. The van der Waals surface area contributed by atoms with Gasteiger partial charge in [-0.25, -0.2) is 19.3 Å². The third kappa shape index (κ3) is 15.1. The molecule has 18 heteroatoms. The first-order chi connectivity index (χ1) is 39.0. The summed E-state index contributed by atoms with van der Waals surface area (Å²) in [5.74, 6) is 0.938. The second-order valence-electron chi connectivity index (χ2n) is 28.7. The van der Waals surface area contributed by atoms with Crippen molar-refractivity contribution in [1.29, 1.82) is 0 Å². The number of carboxylic acid groups (broad SMARTS) is 1. The van der Waals surface area contributed by atoms with Crippen LogP contribution in [0.3, 0.4) is 0 Å². The van der Waals surface area contributed by atoms with E-state index in [4.69, 9.17) is 36.9 Å². The summed E-state index contributed by atoms with van der Waals surface area (Å²) in [7, 11) is -0.956. The number of carboxylic acids is 1. The molecular formula is C66H97B2N7O9. The molecule has 0 aromatic heterocycles. The Morgan fingerprint density at radius 2 is 1.08 bits per heavy atom. The first-order valence-electron chi connectivity index (χ1n) is 30.6. The highest BCUT2D eigenvalue weighted by Gasteiger charge is 2.70. The first-order valence-corrected chi connectivity index (χ1v) is 30.6. The number of hydrogen-bond acceptors (Lipinski definition) is 8. The van der Waals surface area contributed by atoms with Crippen molar-refractivity contribution >= 4 is 38.2 Å². The van der Waals surface area contributed by atoms with Gasteiger partial charge in [-0.05, 0) is 140 Å². The van der Waals surface area contributed by atoms with Crippen molar-refractivity contribution in [3.05, 3.63) is 118 Å². The molecule has 0 unspecified atom stereocenters. The van der Waals surface area contributed by atoms with Crippen molar-refractivity contribution in [2.24, 2.45) is 51.2 Å². The van der Waals surface area contributed by atoms with Gasteiger partial charge in [0.2, 0.25) is 5.70 Å². The molecule has 7 saturated carbocycles. The minimum absolute atomic E-state index is 0. The number of benzene rings is 2. The number of carbonyl (C=O) groups is 4. The van der Waals surface area contributed by atoms with Gasteiger partial charge in [0, 0.05) is 25.7 Å². The highest BCUT2D eigenvalue weighted by atomic mass is 16.7. The van der Waals surface area contributed by atoms with Crippen LogP contribution in [-0.2, 0) is 41.0 Å². The molecule has 0 radical (unpaired) electrons. The van der Waals surface area contributed by atoms with E-state index in [-0.39, 0.29) is 94.4 Å². The number of allylic oxidation sites excluding steroid dienone is 2. The average Bonchev–Trinajstić information content (AvgIpc) is 1.45. The van der Waals surface area contributed by atoms with Crippen LogP contribution >= 0.6 is 0 Å². The van der Waals surface area contributed by atoms with Crippen molar-refractivity contribution < 1.29 is 42.9 Å². The van der Waals surface area contributed by atoms with Crippen LogP contribution in [0, 0.1) is 64.4 Å². The molecule has 12 rings (SSSR count). The number of hydrogen-bond donors (Lipinski definition) is 5. The zero-order valence-electron chi connectivity index (χ0n) is 51.5. The smallest absolute Gasteiger partial charge is 0.482 e. The van der Waals surface area contributed by atoms with E-state index in [0.29, 0.717) is 60.9 Å². The van der Waals surface area contributed by atoms with Crippen molar-refractivity contribution in [3.63, 3.8) is 0 Å². The van der Waals surface area contributed by atoms with Gasteiger partial charge in [-0.2, -0.15) is 0 Å². The van der Waals surface area contributed by atoms with Gasteiger partial charge in [-0.3, -0.25) is 9.59 Å². The lowest BCUT2D eigenvalue weighted by Crippen LogP contribution is -2.65. The van der Waals surface area contributed by atoms with Crippen molar-refractivity contribution in [1.82, 2.24) is 26.2 Å². The molecule has 5 amide bonds. The Bertz CT molecular complexity index is 2780. The van der Waals surface area contributed by atoms with E-state index in [2.05, 4.69) is 96.8 Å². The van der Waals surface area contributed by atoms with E-state index < -0.39 is 20.2 Å². The second kappa shape index (κ2) is 26.5. The zero-order chi connectivity index (χ0) is 60.3. The maximum Gasteiger partial charge on any atom is 0.482 e. The topological polar surface area (TPSA) is 186 Å². The van der Waals surface area contributed by atoms with Gasteiger partial charge < -0.3 is 49.9 Å². The highest BCUT2D eigenvalue weighted by Crippen LogP contribution is 2.67. The van der Waals surface area contributed by atoms with Crippen molar-refractivity contribution in [3.8, 4) is 0 Å². The maximum absolute atomic E-state index is 13.3. The van der Waals surface area contributed by atoms with Gasteiger partial charge in [-0.15, -0.1) is 0 Å². The number of aliphatic carboxylic acids is 1. The number of likely N-dealkylation sites (tertiary alicyclic amines) is 1. The van der Waals surface area contributed by atoms with Gasteiger partial charge in [0.25, 0.3) is 11.6 Å². The Hall–Kier alpha value is -5.65. The predicted molar refractivity (Wildman–Crippen MR) is 331 cm³/mol. The van der Waals surface area contributed by atoms with Crippen molar-refractivity contribution in [2.45, 2.75) is 209 Å². The Morgan fingerprint density at radius 1 is 0.655 bits per heavy atom. The minimum Gasteiger partial charge on any atom is -0.486 e. The summed E-state index contributed by atoms with van der Waals surface area (Å²) < 4.78 is 26.5. The highest BCUT2D eigenvalue weighted by molar-refractivity contribution is 6.48. The first kappa shape index (κ1) is 65.9. The molecule has 3 aliphatic heterocycles. The largest absolute Gasteiger partial charge is 0.486 e. The second-order valence-corrected chi connectivity index (χ2v) is 28.7. The van der Waals surface area contributed by atoms with Gasteiger partial charge in [0.15, 0.2) is 0 Å². The predicted octanol–water partition coefficient (Wildman–Crippen LogP) is 11.9. The van der Waals surface area contributed by atoms with Crippen LogP contribution in [0.15, 0.2) is 84.2 Å². The molecule has 4 bridgehead atoms. The summed E-state index contributed by atoms with van der Waals surface area (Å²) in [4.78, 5) is 57.7. The summed E-state index contributed by atoms with van der Waals surface area (Å²) >= 11 is 0. The van der Waals surface area contributed by atoms with E-state index >= 15 is 0 Å². The Labute approximate surface area is 503 Å².